The Morgan fingerprint density at radius 2 is 2.18 bits per heavy atom. The lowest BCUT2D eigenvalue weighted by molar-refractivity contribution is 0.528. The topological polar surface area (TPSA) is 38.1 Å². The lowest BCUT2D eigenvalue weighted by Crippen LogP contribution is -2.27. The molecule has 0 unspecified atom stereocenters. The van der Waals surface area contributed by atoms with E-state index in [1.165, 1.54) is 37.6 Å². The van der Waals surface area contributed by atoms with E-state index in [-0.39, 0.29) is 0 Å². The predicted molar refractivity (Wildman–Crippen MR) is 68.0 cm³/mol. The third-order valence-electron chi connectivity index (χ3n) is 3.60. The van der Waals surface area contributed by atoms with Gasteiger partial charge >= 0.3 is 0 Å². The van der Waals surface area contributed by atoms with Gasteiger partial charge in [-0.25, -0.2) is 4.98 Å². The summed E-state index contributed by atoms with van der Waals surface area (Å²) in [6, 6.07) is 7.01. The van der Waals surface area contributed by atoms with E-state index >= 15 is 0 Å². The maximum Gasteiger partial charge on any atom is 0.181 e. The van der Waals surface area contributed by atoms with E-state index in [1.807, 2.05) is 6.07 Å². The normalized spacial score (nSPS) is 16.9. The highest BCUT2D eigenvalue weighted by Gasteiger charge is 2.13. The van der Waals surface area contributed by atoms with Crippen LogP contribution in [-0.2, 0) is 6.42 Å². The van der Waals surface area contributed by atoms with Crippen molar-refractivity contribution >= 4 is 11.1 Å². The number of benzene rings is 1. The molecule has 17 heavy (non-hydrogen) atoms. The summed E-state index contributed by atoms with van der Waals surface area (Å²) in [6.45, 7) is 1.06. The average molecular weight is 230 g/mol. The summed E-state index contributed by atoms with van der Waals surface area (Å²) < 4.78 is 5.23. The van der Waals surface area contributed by atoms with Gasteiger partial charge in [0.25, 0.3) is 0 Å². The van der Waals surface area contributed by atoms with Gasteiger partial charge in [0.05, 0.1) is 0 Å². The molecule has 0 atom stereocenters. The fraction of sp³-hybridized carbons (Fsp3) is 0.500. The third-order valence-corrected chi connectivity index (χ3v) is 3.60. The highest BCUT2D eigenvalue weighted by Crippen LogP contribution is 2.18. The first-order valence-corrected chi connectivity index (χ1v) is 6.47. The summed E-state index contributed by atoms with van der Waals surface area (Å²) in [5, 5.41) is 3.63. The van der Waals surface area contributed by atoms with Gasteiger partial charge in [-0.15, -0.1) is 0 Å². The molecule has 1 aliphatic rings. The molecule has 1 fully saturated rings. The second kappa shape index (κ2) is 4.88. The Hall–Kier alpha value is -1.35. The number of nitrogens with zero attached hydrogens (tertiary/aromatic N) is 1. The van der Waals surface area contributed by atoms with Crippen LogP contribution in [0.2, 0.25) is 0 Å². The van der Waals surface area contributed by atoms with Crippen molar-refractivity contribution in [3.05, 3.63) is 30.2 Å². The van der Waals surface area contributed by atoms with Gasteiger partial charge in [-0.05, 0) is 43.5 Å². The maximum atomic E-state index is 5.23. The van der Waals surface area contributed by atoms with E-state index in [9.17, 15) is 0 Å². The zero-order valence-electron chi connectivity index (χ0n) is 9.98. The average Bonchev–Trinajstić information content (AvgIpc) is 2.98. The summed E-state index contributed by atoms with van der Waals surface area (Å²) in [5.74, 6) is 0. The molecule has 1 aromatic carbocycles. The van der Waals surface area contributed by atoms with Crippen molar-refractivity contribution < 1.29 is 4.42 Å². The summed E-state index contributed by atoms with van der Waals surface area (Å²) in [4.78, 5) is 4.18. The molecule has 0 saturated heterocycles. The predicted octanol–water partition coefficient (Wildman–Crippen LogP) is 2.90. The largest absolute Gasteiger partial charge is 0.443 e. The molecule has 3 heteroatoms. The molecule has 90 valence electrons. The molecule has 0 spiro atoms. The number of hydrogen-bond acceptors (Lipinski definition) is 3. The Labute approximate surface area is 101 Å². The zero-order valence-corrected chi connectivity index (χ0v) is 9.98. The smallest absolute Gasteiger partial charge is 0.181 e. The van der Waals surface area contributed by atoms with Crippen LogP contribution in [-0.4, -0.2) is 17.6 Å². The Kier molecular flexibility index (Phi) is 3.10. The number of nitrogens with one attached hydrogen (secondary N) is 1. The highest BCUT2D eigenvalue weighted by atomic mass is 16.3. The quantitative estimate of drug-likeness (QED) is 0.877. The molecule has 1 aliphatic carbocycles. The van der Waals surface area contributed by atoms with Crippen LogP contribution in [0.15, 0.2) is 29.0 Å². The Morgan fingerprint density at radius 3 is 3.06 bits per heavy atom. The molecule has 3 nitrogen and oxygen atoms in total. The Bertz CT molecular complexity index is 486. The van der Waals surface area contributed by atoms with Crippen LogP contribution in [0.1, 0.15) is 31.2 Å². The molecule has 2 aromatic rings. The molecule has 0 radical (unpaired) electrons. The van der Waals surface area contributed by atoms with E-state index in [4.69, 9.17) is 4.42 Å². The number of aromatic nitrogens is 1. The molecule has 0 bridgehead atoms. The molecule has 1 N–H and O–H groups in total. The van der Waals surface area contributed by atoms with Crippen molar-refractivity contribution in [1.29, 1.82) is 0 Å². The van der Waals surface area contributed by atoms with E-state index < -0.39 is 0 Å². The molecule has 1 aromatic heterocycles. The SMILES string of the molecule is c1nc2cc(CCNC3CCCC3)ccc2o1. The van der Waals surface area contributed by atoms with Crippen molar-refractivity contribution in [2.75, 3.05) is 6.54 Å². The lowest BCUT2D eigenvalue weighted by atomic mass is 10.1. The summed E-state index contributed by atoms with van der Waals surface area (Å²) in [5.41, 5.74) is 3.16. The van der Waals surface area contributed by atoms with E-state index in [0.29, 0.717) is 0 Å². The Morgan fingerprint density at radius 1 is 1.29 bits per heavy atom. The van der Waals surface area contributed by atoms with E-state index in [1.54, 1.807) is 0 Å². The summed E-state index contributed by atoms with van der Waals surface area (Å²) in [7, 11) is 0. The minimum absolute atomic E-state index is 0.755. The van der Waals surface area contributed by atoms with Gasteiger partial charge in [-0.3, -0.25) is 0 Å². The minimum Gasteiger partial charge on any atom is -0.443 e. The fourth-order valence-corrected chi connectivity index (χ4v) is 2.61. The van der Waals surface area contributed by atoms with Crippen LogP contribution in [0.25, 0.3) is 11.1 Å². The first kappa shape index (κ1) is 10.8. The van der Waals surface area contributed by atoms with E-state index in [2.05, 4.69) is 22.4 Å². The van der Waals surface area contributed by atoms with Gasteiger partial charge in [0.1, 0.15) is 5.52 Å². The number of oxazole rings is 1. The standard InChI is InChI=1S/C14H18N2O/c1-2-4-12(3-1)15-8-7-11-5-6-14-13(9-11)16-10-17-14/h5-6,9-10,12,15H,1-4,7-8H2. The molecule has 3 rings (SSSR count). The Balaban J connectivity index is 1.56. The second-order valence-electron chi connectivity index (χ2n) is 4.84. The monoisotopic (exact) mass is 230 g/mol. The summed E-state index contributed by atoms with van der Waals surface area (Å²) >= 11 is 0. The van der Waals surface area contributed by atoms with Crippen LogP contribution in [0, 0.1) is 0 Å². The van der Waals surface area contributed by atoms with Crippen molar-refractivity contribution in [1.82, 2.24) is 10.3 Å². The molecule has 1 saturated carbocycles. The number of fused-ring (bicyclic) bond motifs is 1. The molecular weight excluding hydrogens is 212 g/mol. The van der Waals surface area contributed by atoms with Gasteiger partial charge in [-0.1, -0.05) is 18.9 Å². The van der Waals surface area contributed by atoms with Crippen LogP contribution < -0.4 is 5.32 Å². The zero-order chi connectivity index (χ0) is 11.5. The molecule has 1 heterocycles. The fourth-order valence-electron chi connectivity index (χ4n) is 2.61. The second-order valence-corrected chi connectivity index (χ2v) is 4.84. The summed E-state index contributed by atoms with van der Waals surface area (Å²) in [6.07, 6.45) is 8.06. The third kappa shape index (κ3) is 2.50. The van der Waals surface area contributed by atoms with Crippen LogP contribution in [0.3, 0.4) is 0 Å². The van der Waals surface area contributed by atoms with Crippen LogP contribution in [0.5, 0.6) is 0 Å². The van der Waals surface area contributed by atoms with Gasteiger partial charge in [0.15, 0.2) is 12.0 Å². The van der Waals surface area contributed by atoms with Crippen molar-refractivity contribution in [2.24, 2.45) is 0 Å². The van der Waals surface area contributed by atoms with Crippen molar-refractivity contribution in [3.63, 3.8) is 0 Å². The maximum absolute atomic E-state index is 5.23. The van der Waals surface area contributed by atoms with E-state index in [0.717, 1.165) is 30.1 Å². The van der Waals surface area contributed by atoms with Gasteiger partial charge in [0, 0.05) is 6.04 Å². The van der Waals surface area contributed by atoms with Gasteiger partial charge < -0.3 is 9.73 Å². The molecule has 0 aliphatic heterocycles. The first-order valence-electron chi connectivity index (χ1n) is 6.47. The van der Waals surface area contributed by atoms with Crippen LogP contribution >= 0.6 is 0 Å². The molecule has 0 amide bonds. The van der Waals surface area contributed by atoms with Crippen LogP contribution in [0.4, 0.5) is 0 Å². The first-order chi connectivity index (χ1) is 8.42. The highest BCUT2D eigenvalue weighted by molar-refractivity contribution is 5.72. The van der Waals surface area contributed by atoms with Gasteiger partial charge in [0.2, 0.25) is 0 Å². The van der Waals surface area contributed by atoms with Crippen molar-refractivity contribution in [3.8, 4) is 0 Å². The number of rotatable bonds is 4. The lowest BCUT2D eigenvalue weighted by Gasteiger charge is -2.11. The van der Waals surface area contributed by atoms with Gasteiger partial charge in [-0.2, -0.15) is 0 Å². The van der Waals surface area contributed by atoms with Crippen molar-refractivity contribution in [2.45, 2.75) is 38.1 Å². The molecular formula is C14H18N2O. The minimum atomic E-state index is 0.755. The number of hydrogen-bond donors (Lipinski definition) is 1.